The number of urea groups is 1. The maximum absolute atomic E-state index is 12.2. The highest BCUT2D eigenvalue weighted by molar-refractivity contribution is 7.12. The van der Waals surface area contributed by atoms with Gasteiger partial charge in [-0.3, -0.25) is 4.79 Å². The van der Waals surface area contributed by atoms with Crippen molar-refractivity contribution >= 4 is 29.0 Å². The summed E-state index contributed by atoms with van der Waals surface area (Å²) < 4.78 is 0. The van der Waals surface area contributed by atoms with E-state index < -0.39 is 6.03 Å². The van der Waals surface area contributed by atoms with Crippen LogP contribution in [-0.4, -0.2) is 43.0 Å². The van der Waals surface area contributed by atoms with E-state index in [-0.39, 0.29) is 5.91 Å². The van der Waals surface area contributed by atoms with Gasteiger partial charge in [-0.25, -0.2) is 4.79 Å². The summed E-state index contributed by atoms with van der Waals surface area (Å²) in [6.07, 6.45) is 0. The van der Waals surface area contributed by atoms with Crippen molar-refractivity contribution in [1.82, 2.24) is 10.2 Å². The number of nitrogens with two attached hydrogens (primary N) is 1. The Hall–Kier alpha value is -1.60. The quantitative estimate of drug-likeness (QED) is 0.708. The van der Waals surface area contributed by atoms with Crippen LogP contribution in [-0.2, 0) is 0 Å². The van der Waals surface area contributed by atoms with Crippen LogP contribution in [0.15, 0.2) is 11.4 Å². The largest absolute Gasteiger partial charge is 0.351 e. The van der Waals surface area contributed by atoms with Gasteiger partial charge in [0.1, 0.15) is 4.88 Å². The van der Waals surface area contributed by atoms with Crippen LogP contribution in [0.25, 0.3) is 0 Å². The molecule has 1 aliphatic heterocycles. The lowest BCUT2D eigenvalue weighted by atomic mass is 10.3. The van der Waals surface area contributed by atoms with Crippen molar-refractivity contribution < 1.29 is 9.59 Å². The van der Waals surface area contributed by atoms with Gasteiger partial charge in [0.25, 0.3) is 5.91 Å². The van der Waals surface area contributed by atoms with Gasteiger partial charge < -0.3 is 21.3 Å². The molecule has 6 nitrogen and oxygen atoms in total. The van der Waals surface area contributed by atoms with Crippen LogP contribution in [0.2, 0.25) is 0 Å². The zero-order valence-corrected chi connectivity index (χ0v) is 10.0. The van der Waals surface area contributed by atoms with Crippen molar-refractivity contribution in [3.8, 4) is 0 Å². The number of nitrogens with zero attached hydrogens (tertiary/aromatic N) is 1. The Morgan fingerprint density at radius 1 is 1.41 bits per heavy atom. The number of hydrogen-bond acceptors (Lipinski definition) is 4. The summed E-state index contributed by atoms with van der Waals surface area (Å²) >= 11 is 1.31. The number of anilines is 1. The molecule has 1 aromatic rings. The Labute approximate surface area is 103 Å². The molecule has 0 atom stereocenters. The highest BCUT2D eigenvalue weighted by atomic mass is 32.1. The summed E-state index contributed by atoms with van der Waals surface area (Å²) in [5.74, 6) is -0.0507. The van der Waals surface area contributed by atoms with Gasteiger partial charge in [0.05, 0.1) is 5.69 Å². The standard InChI is InChI=1S/C10H14N4O2S/c11-10(16)13-7-1-6-17-8(7)9(15)14-4-2-12-3-5-14/h1,6,12H,2-5H2,(H3,11,13,16). The lowest BCUT2D eigenvalue weighted by molar-refractivity contribution is 0.0741. The van der Waals surface area contributed by atoms with Gasteiger partial charge in [-0.15, -0.1) is 11.3 Å². The average Bonchev–Trinajstić information content (AvgIpc) is 2.76. The fraction of sp³-hybridized carbons (Fsp3) is 0.400. The highest BCUT2D eigenvalue weighted by Crippen LogP contribution is 2.24. The third kappa shape index (κ3) is 2.75. The van der Waals surface area contributed by atoms with Crippen molar-refractivity contribution in [2.75, 3.05) is 31.5 Å². The van der Waals surface area contributed by atoms with E-state index in [4.69, 9.17) is 5.73 Å². The molecular formula is C10H14N4O2S. The molecule has 0 unspecified atom stereocenters. The molecule has 17 heavy (non-hydrogen) atoms. The Bertz CT molecular complexity index is 426. The molecule has 0 aromatic carbocycles. The molecule has 0 saturated carbocycles. The third-order valence-corrected chi connectivity index (χ3v) is 3.42. The molecule has 0 bridgehead atoms. The molecule has 2 rings (SSSR count). The number of carbonyl (C=O) groups is 2. The molecule has 92 valence electrons. The minimum absolute atomic E-state index is 0.0507. The Morgan fingerprint density at radius 3 is 2.76 bits per heavy atom. The number of carbonyl (C=O) groups excluding carboxylic acids is 2. The smallest absolute Gasteiger partial charge is 0.316 e. The van der Waals surface area contributed by atoms with Gasteiger partial charge in [-0.2, -0.15) is 0 Å². The van der Waals surface area contributed by atoms with Crippen molar-refractivity contribution in [3.05, 3.63) is 16.3 Å². The number of thiophene rings is 1. The normalized spacial score (nSPS) is 15.6. The molecule has 7 heteroatoms. The average molecular weight is 254 g/mol. The fourth-order valence-electron chi connectivity index (χ4n) is 1.72. The Morgan fingerprint density at radius 2 is 2.12 bits per heavy atom. The molecule has 0 spiro atoms. The molecule has 2 heterocycles. The van der Waals surface area contributed by atoms with Crippen molar-refractivity contribution in [1.29, 1.82) is 0 Å². The van der Waals surface area contributed by atoms with Gasteiger partial charge in [0, 0.05) is 26.2 Å². The number of hydrogen-bond donors (Lipinski definition) is 3. The second-order valence-electron chi connectivity index (χ2n) is 3.69. The summed E-state index contributed by atoms with van der Waals surface area (Å²) in [5.41, 5.74) is 5.54. The second kappa shape index (κ2) is 5.15. The van der Waals surface area contributed by atoms with Gasteiger partial charge in [-0.05, 0) is 11.4 Å². The van der Waals surface area contributed by atoms with Crippen molar-refractivity contribution in [2.24, 2.45) is 5.73 Å². The molecule has 3 amide bonds. The summed E-state index contributed by atoms with van der Waals surface area (Å²) in [7, 11) is 0. The zero-order chi connectivity index (χ0) is 12.3. The molecule has 0 aliphatic carbocycles. The second-order valence-corrected chi connectivity index (χ2v) is 4.61. The van der Waals surface area contributed by atoms with E-state index >= 15 is 0 Å². The first-order chi connectivity index (χ1) is 8.18. The van der Waals surface area contributed by atoms with Crippen molar-refractivity contribution in [2.45, 2.75) is 0 Å². The maximum Gasteiger partial charge on any atom is 0.316 e. The molecule has 0 radical (unpaired) electrons. The van der Waals surface area contributed by atoms with Crippen LogP contribution >= 0.6 is 11.3 Å². The van der Waals surface area contributed by atoms with Gasteiger partial charge in [0.15, 0.2) is 0 Å². The van der Waals surface area contributed by atoms with E-state index in [9.17, 15) is 9.59 Å². The van der Waals surface area contributed by atoms with E-state index in [1.54, 1.807) is 16.3 Å². The third-order valence-electron chi connectivity index (χ3n) is 2.52. The maximum atomic E-state index is 12.2. The van der Waals surface area contributed by atoms with E-state index in [1.807, 2.05) is 0 Å². The molecule has 1 aliphatic rings. The molecule has 1 saturated heterocycles. The van der Waals surface area contributed by atoms with Crippen LogP contribution in [0.1, 0.15) is 9.67 Å². The lowest BCUT2D eigenvalue weighted by Crippen LogP contribution is -2.46. The van der Waals surface area contributed by atoms with Crippen LogP contribution in [0.3, 0.4) is 0 Å². The first-order valence-electron chi connectivity index (χ1n) is 5.32. The topological polar surface area (TPSA) is 87.5 Å². The molecule has 1 aromatic heterocycles. The molecule has 4 N–H and O–H groups in total. The van der Waals surface area contributed by atoms with E-state index in [1.165, 1.54) is 11.3 Å². The Balaban J connectivity index is 2.12. The molecule has 1 fully saturated rings. The Kier molecular flexibility index (Phi) is 3.60. The zero-order valence-electron chi connectivity index (χ0n) is 9.23. The number of nitrogens with one attached hydrogen (secondary N) is 2. The van der Waals surface area contributed by atoms with E-state index in [2.05, 4.69) is 10.6 Å². The van der Waals surface area contributed by atoms with Crippen LogP contribution in [0.5, 0.6) is 0 Å². The van der Waals surface area contributed by atoms with Crippen LogP contribution < -0.4 is 16.4 Å². The van der Waals surface area contributed by atoms with Crippen LogP contribution in [0.4, 0.5) is 10.5 Å². The summed E-state index contributed by atoms with van der Waals surface area (Å²) in [5, 5.41) is 7.41. The predicted molar refractivity (Wildman–Crippen MR) is 66.3 cm³/mol. The van der Waals surface area contributed by atoms with E-state index in [0.29, 0.717) is 23.7 Å². The van der Waals surface area contributed by atoms with Gasteiger partial charge in [0.2, 0.25) is 0 Å². The number of primary amides is 1. The highest BCUT2D eigenvalue weighted by Gasteiger charge is 2.22. The predicted octanol–water partition coefficient (Wildman–Crippen LogP) is 0.284. The SMILES string of the molecule is NC(=O)Nc1ccsc1C(=O)N1CCNCC1. The van der Waals surface area contributed by atoms with Gasteiger partial charge >= 0.3 is 6.03 Å². The minimum Gasteiger partial charge on any atom is -0.351 e. The molecular weight excluding hydrogens is 240 g/mol. The number of amides is 3. The minimum atomic E-state index is -0.655. The van der Waals surface area contributed by atoms with E-state index in [0.717, 1.165) is 13.1 Å². The number of rotatable bonds is 2. The summed E-state index contributed by atoms with van der Waals surface area (Å²) in [6, 6.07) is 1.03. The summed E-state index contributed by atoms with van der Waals surface area (Å²) in [6.45, 7) is 2.98. The fourth-order valence-corrected chi connectivity index (χ4v) is 2.53. The first kappa shape index (κ1) is 11.9. The first-order valence-corrected chi connectivity index (χ1v) is 6.20. The number of piperazine rings is 1. The summed E-state index contributed by atoms with van der Waals surface area (Å²) in [4.78, 5) is 25.3. The monoisotopic (exact) mass is 254 g/mol. The van der Waals surface area contributed by atoms with Gasteiger partial charge in [-0.1, -0.05) is 0 Å². The van der Waals surface area contributed by atoms with Crippen molar-refractivity contribution in [3.63, 3.8) is 0 Å². The van der Waals surface area contributed by atoms with Crippen LogP contribution in [0, 0.1) is 0 Å². The lowest BCUT2D eigenvalue weighted by Gasteiger charge is -2.27.